The molecule has 2 heterocycles. The molecule has 1 aromatic rings. The zero-order valence-electron chi connectivity index (χ0n) is 13.6. The van der Waals surface area contributed by atoms with Crippen LogP contribution in [0.4, 0.5) is 0 Å². The maximum atomic E-state index is 12.4. The molecule has 1 fully saturated rings. The third-order valence-electron chi connectivity index (χ3n) is 4.01. The molecular formula is C15H23ClN2O5. The third kappa shape index (κ3) is 4.25. The summed E-state index contributed by atoms with van der Waals surface area (Å²) < 4.78 is 15.6. The van der Waals surface area contributed by atoms with Crippen LogP contribution in [0.5, 0.6) is 0 Å². The fourth-order valence-corrected chi connectivity index (χ4v) is 2.63. The predicted octanol–water partition coefficient (Wildman–Crippen LogP) is 1.18. The van der Waals surface area contributed by atoms with Crippen LogP contribution >= 0.6 is 12.4 Å². The van der Waals surface area contributed by atoms with E-state index in [-0.39, 0.29) is 24.9 Å². The first-order valence-electron chi connectivity index (χ1n) is 7.24. The van der Waals surface area contributed by atoms with E-state index in [0.717, 1.165) is 13.1 Å². The Balaban J connectivity index is 0.00000264. The number of furan rings is 1. The number of carbonyl (C=O) groups is 2. The van der Waals surface area contributed by atoms with Crippen LogP contribution in [-0.2, 0) is 20.8 Å². The van der Waals surface area contributed by atoms with Crippen molar-refractivity contribution in [3.63, 3.8) is 0 Å². The van der Waals surface area contributed by atoms with Crippen LogP contribution in [0.3, 0.4) is 0 Å². The summed E-state index contributed by atoms with van der Waals surface area (Å²) >= 11 is 0. The van der Waals surface area contributed by atoms with Gasteiger partial charge < -0.3 is 24.5 Å². The molecule has 1 aliphatic rings. The number of hydrogen-bond donors (Lipinski definition) is 2. The molecule has 1 amide bonds. The van der Waals surface area contributed by atoms with Crippen molar-refractivity contribution in [2.75, 3.05) is 27.3 Å². The first kappa shape index (κ1) is 19.5. The number of rotatable bonds is 5. The number of amides is 1. The molecular weight excluding hydrogens is 324 g/mol. The molecule has 130 valence electrons. The number of ether oxygens (including phenoxy) is 2. The summed E-state index contributed by atoms with van der Waals surface area (Å²) in [7, 11) is 2.87. The van der Waals surface area contributed by atoms with Crippen LogP contribution in [0.15, 0.2) is 10.5 Å². The molecule has 23 heavy (non-hydrogen) atoms. The van der Waals surface area contributed by atoms with E-state index in [2.05, 4.69) is 15.4 Å². The average Bonchev–Trinajstić information content (AvgIpc) is 2.93. The molecule has 1 aromatic heterocycles. The van der Waals surface area contributed by atoms with Crippen LogP contribution in [0.1, 0.15) is 34.7 Å². The average molecular weight is 347 g/mol. The van der Waals surface area contributed by atoms with Gasteiger partial charge in [0.15, 0.2) is 0 Å². The molecule has 2 N–H and O–H groups in total. The van der Waals surface area contributed by atoms with Crippen LogP contribution < -0.4 is 10.6 Å². The Hall–Kier alpha value is -1.57. The van der Waals surface area contributed by atoms with Gasteiger partial charge in [0.25, 0.3) is 5.91 Å². The van der Waals surface area contributed by atoms with E-state index in [4.69, 9.17) is 9.15 Å². The SMILES string of the molecule is COC(=O)c1cc(CNC(=O)C2(OC)CCNCC2)oc1C.Cl. The van der Waals surface area contributed by atoms with Gasteiger partial charge >= 0.3 is 5.97 Å². The van der Waals surface area contributed by atoms with Crippen molar-refractivity contribution < 1.29 is 23.5 Å². The van der Waals surface area contributed by atoms with E-state index in [1.807, 2.05) is 0 Å². The summed E-state index contributed by atoms with van der Waals surface area (Å²) in [6, 6.07) is 1.59. The quantitative estimate of drug-likeness (QED) is 0.778. The Bertz CT molecular complexity index is 552. The van der Waals surface area contributed by atoms with Crippen LogP contribution in [0.2, 0.25) is 0 Å². The molecule has 1 saturated heterocycles. The summed E-state index contributed by atoms with van der Waals surface area (Å²) in [4.78, 5) is 23.9. The molecule has 0 spiro atoms. The van der Waals surface area contributed by atoms with Gasteiger partial charge in [-0.15, -0.1) is 12.4 Å². The van der Waals surface area contributed by atoms with Gasteiger partial charge in [-0.25, -0.2) is 4.79 Å². The van der Waals surface area contributed by atoms with E-state index in [1.54, 1.807) is 20.1 Å². The normalized spacial score (nSPS) is 16.3. The highest BCUT2D eigenvalue weighted by molar-refractivity contribution is 5.90. The lowest BCUT2D eigenvalue weighted by Crippen LogP contribution is -2.53. The van der Waals surface area contributed by atoms with E-state index >= 15 is 0 Å². The Morgan fingerprint density at radius 3 is 2.57 bits per heavy atom. The molecule has 0 saturated carbocycles. The number of carbonyl (C=O) groups excluding carboxylic acids is 2. The van der Waals surface area contributed by atoms with Crippen molar-refractivity contribution in [2.24, 2.45) is 0 Å². The summed E-state index contributed by atoms with van der Waals surface area (Å²) in [5.74, 6) is 0.363. The lowest BCUT2D eigenvalue weighted by atomic mass is 9.91. The van der Waals surface area contributed by atoms with Crippen LogP contribution in [0.25, 0.3) is 0 Å². The van der Waals surface area contributed by atoms with Crippen molar-refractivity contribution in [3.05, 3.63) is 23.2 Å². The minimum atomic E-state index is -0.794. The number of esters is 1. The summed E-state index contributed by atoms with van der Waals surface area (Å²) in [5.41, 5.74) is -0.423. The maximum absolute atomic E-state index is 12.4. The Morgan fingerprint density at radius 1 is 1.35 bits per heavy atom. The van der Waals surface area contributed by atoms with Gasteiger partial charge in [0.1, 0.15) is 22.7 Å². The van der Waals surface area contributed by atoms with Crippen molar-refractivity contribution in [1.29, 1.82) is 0 Å². The van der Waals surface area contributed by atoms with Gasteiger partial charge in [-0.05, 0) is 38.9 Å². The molecule has 0 bridgehead atoms. The van der Waals surface area contributed by atoms with Crippen molar-refractivity contribution in [1.82, 2.24) is 10.6 Å². The monoisotopic (exact) mass is 346 g/mol. The molecule has 7 nitrogen and oxygen atoms in total. The lowest BCUT2D eigenvalue weighted by Gasteiger charge is -2.34. The molecule has 1 aliphatic heterocycles. The topological polar surface area (TPSA) is 89.8 Å². The number of aryl methyl sites for hydroxylation is 1. The first-order valence-corrected chi connectivity index (χ1v) is 7.24. The molecule has 0 radical (unpaired) electrons. The van der Waals surface area contributed by atoms with Gasteiger partial charge in [-0.2, -0.15) is 0 Å². The number of hydrogen-bond acceptors (Lipinski definition) is 6. The number of nitrogens with one attached hydrogen (secondary N) is 2. The van der Waals surface area contributed by atoms with Gasteiger partial charge in [0, 0.05) is 7.11 Å². The second-order valence-electron chi connectivity index (χ2n) is 5.31. The molecule has 2 rings (SSSR count). The van der Waals surface area contributed by atoms with E-state index in [0.29, 0.717) is 29.9 Å². The Morgan fingerprint density at radius 2 is 2.00 bits per heavy atom. The standard InChI is InChI=1S/C15H22N2O5.ClH/c1-10-12(13(18)20-2)8-11(22-10)9-17-14(19)15(21-3)4-6-16-7-5-15;/h8,16H,4-7,9H2,1-3H3,(H,17,19);1H. The molecule has 0 aromatic carbocycles. The first-order chi connectivity index (χ1) is 10.5. The lowest BCUT2D eigenvalue weighted by molar-refractivity contribution is -0.147. The maximum Gasteiger partial charge on any atom is 0.341 e. The van der Waals surface area contributed by atoms with Crippen LogP contribution in [0, 0.1) is 6.92 Å². The Labute approximate surface area is 141 Å². The van der Waals surface area contributed by atoms with Crippen molar-refractivity contribution in [2.45, 2.75) is 31.9 Å². The molecule has 0 unspecified atom stereocenters. The fraction of sp³-hybridized carbons (Fsp3) is 0.600. The highest BCUT2D eigenvalue weighted by Gasteiger charge is 2.39. The Kier molecular flexibility index (Phi) is 7.05. The fourth-order valence-electron chi connectivity index (χ4n) is 2.63. The summed E-state index contributed by atoms with van der Waals surface area (Å²) in [6.07, 6.45) is 1.25. The largest absolute Gasteiger partial charge is 0.465 e. The van der Waals surface area contributed by atoms with Crippen LogP contribution in [-0.4, -0.2) is 44.8 Å². The second kappa shape index (κ2) is 8.33. The summed E-state index contributed by atoms with van der Waals surface area (Å²) in [6.45, 7) is 3.37. The predicted molar refractivity (Wildman–Crippen MR) is 85.7 cm³/mol. The highest BCUT2D eigenvalue weighted by atomic mass is 35.5. The number of piperidine rings is 1. The summed E-state index contributed by atoms with van der Waals surface area (Å²) in [5, 5.41) is 6.02. The third-order valence-corrected chi connectivity index (χ3v) is 4.01. The van der Waals surface area contributed by atoms with E-state index in [1.165, 1.54) is 7.11 Å². The molecule has 8 heteroatoms. The number of methoxy groups -OCH3 is 2. The van der Waals surface area contributed by atoms with Crippen molar-refractivity contribution in [3.8, 4) is 0 Å². The second-order valence-corrected chi connectivity index (χ2v) is 5.31. The minimum Gasteiger partial charge on any atom is -0.465 e. The van der Waals surface area contributed by atoms with Crippen molar-refractivity contribution >= 4 is 24.3 Å². The zero-order valence-corrected chi connectivity index (χ0v) is 14.4. The van der Waals surface area contributed by atoms with Gasteiger partial charge in [-0.3, -0.25) is 4.79 Å². The van der Waals surface area contributed by atoms with Gasteiger partial charge in [0.05, 0.1) is 13.7 Å². The highest BCUT2D eigenvalue weighted by Crippen LogP contribution is 2.23. The molecule has 0 aliphatic carbocycles. The zero-order chi connectivity index (χ0) is 16.2. The minimum absolute atomic E-state index is 0. The van der Waals surface area contributed by atoms with Gasteiger partial charge in [0.2, 0.25) is 0 Å². The van der Waals surface area contributed by atoms with E-state index < -0.39 is 11.6 Å². The van der Waals surface area contributed by atoms with E-state index in [9.17, 15) is 9.59 Å². The number of halogens is 1. The molecule has 0 atom stereocenters. The van der Waals surface area contributed by atoms with Gasteiger partial charge in [-0.1, -0.05) is 0 Å². The smallest absolute Gasteiger partial charge is 0.341 e.